The van der Waals surface area contributed by atoms with Gasteiger partial charge in [-0.15, -0.1) is 11.3 Å². The summed E-state index contributed by atoms with van der Waals surface area (Å²) in [6.07, 6.45) is 2.79. The number of rotatable bonds is 5. The first-order valence-electron chi connectivity index (χ1n) is 8.01. The average molecular weight is 384 g/mol. The lowest BCUT2D eigenvalue weighted by atomic mass is 10.0. The summed E-state index contributed by atoms with van der Waals surface area (Å²) in [5, 5.41) is 0. The Balaban J connectivity index is 1.63. The van der Waals surface area contributed by atoms with Crippen LogP contribution in [-0.4, -0.2) is 36.8 Å². The molecule has 1 fully saturated rings. The quantitative estimate of drug-likeness (QED) is 0.736. The van der Waals surface area contributed by atoms with E-state index in [-0.39, 0.29) is 13.2 Å². The van der Waals surface area contributed by atoms with Crippen molar-refractivity contribution in [2.24, 2.45) is 5.92 Å². The third-order valence-electron chi connectivity index (χ3n) is 4.03. The molecule has 0 amide bonds. The van der Waals surface area contributed by atoms with E-state index in [9.17, 15) is 13.2 Å². The van der Waals surface area contributed by atoms with Gasteiger partial charge in [-0.3, -0.25) is 4.79 Å². The highest BCUT2D eigenvalue weighted by molar-refractivity contribution is 7.91. The van der Waals surface area contributed by atoms with Crippen molar-refractivity contribution in [3.8, 4) is 0 Å². The van der Waals surface area contributed by atoms with Crippen LogP contribution in [0.4, 0.5) is 0 Å². The van der Waals surface area contributed by atoms with E-state index in [2.05, 4.69) is 4.98 Å². The molecule has 0 spiro atoms. The van der Waals surface area contributed by atoms with Crippen LogP contribution in [0.2, 0.25) is 0 Å². The molecular formula is C16H20N2O5S2. The van der Waals surface area contributed by atoms with E-state index in [1.54, 1.807) is 25.3 Å². The summed E-state index contributed by atoms with van der Waals surface area (Å²) in [6, 6.07) is 3.40. The lowest BCUT2D eigenvalue weighted by Gasteiger charge is -2.30. The van der Waals surface area contributed by atoms with Crippen LogP contribution in [0.5, 0.6) is 0 Å². The number of sulfonamides is 1. The molecule has 1 atom stereocenters. The summed E-state index contributed by atoms with van der Waals surface area (Å²) in [5.74, 6) is 0.0891. The molecule has 0 N–H and O–H groups in total. The second-order valence-corrected chi connectivity index (χ2v) is 9.49. The highest BCUT2D eigenvalue weighted by atomic mass is 32.2. The Bertz CT molecular complexity index is 856. The van der Waals surface area contributed by atoms with Gasteiger partial charge in [0.2, 0.25) is 5.89 Å². The Morgan fingerprint density at radius 3 is 2.88 bits per heavy atom. The molecule has 136 valence electrons. The molecule has 2 aromatic rings. The number of esters is 1. The maximum Gasteiger partial charge on any atom is 0.310 e. The highest BCUT2D eigenvalue weighted by Crippen LogP contribution is 2.28. The van der Waals surface area contributed by atoms with Gasteiger partial charge in [0.1, 0.15) is 9.97 Å². The summed E-state index contributed by atoms with van der Waals surface area (Å²) < 4.78 is 37.6. The number of aromatic nitrogens is 1. The minimum absolute atomic E-state index is 0.0416. The maximum absolute atomic E-state index is 12.7. The molecule has 0 radical (unpaired) electrons. The molecule has 1 aliphatic heterocycles. The van der Waals surface area contributed by atoms with E-state index in [0.717, 1.165) is 4.88 Å². The fourth-order valence-corrected chi connectivity index (χ4v) is 5.71. The molecule has 9 heteroatoms. The summed E-state index contributed by atoms with van der Waals surface area (Å²) in [5.41, 5.74) is 0. The Morgan fingerprint density at radius 2 is 2.24 bits per heavy atom. The number of aryl methyl sites for hydroxylation is 2. The van der Waals surface area contributed by atoms with Crippen molar-refractivity contribution in [3.63, 3.8) is 0 Å². The lowest BCUT2D eigenvalue weighted by Crippen LogP contribution is -2.42. The van der Waals surface area contributed by atoms with Crippen LogP contribution in [0, 0.1) is 19.8 Å². The van der Waals surface area contributed by atoms with Gasteiger partial charge < -0.3 is 9.15 Å². The predicted molar refractivity (Wildman–Crippen MR) is 91.6 cm³/mol. The normalized spacial score (nSPS) is 19.0. The largest absolute Gasteiger partial charge is 0.455 e. The van der Waals surface area contributed by atoms with Crippen molar-refractivity contribution in [1.29, 1.82) is 0 Å². The van der Waals surface area contributed by atoms with Crippen molar-refractivity contribution >= 4 is 27.3 Å². The molecule has 3 rings (SSSR count). The zero-order valence-corrected chi connectivity index (χ0v) is 15.7. The van der Waals surface area contributed by atoms with Crippen LogP contribution in [-0.2, 0) is 26.2 Å². The van der Waals surface area contributed by atoms with Crippen molar-refractivity contribution < 1.29 is 22.4 Å². The van der Waals surface area contributed by atoms with E-state index in [0.29, 0.717) is 35.2 Å². The zero-order valence-electron chi connectivity index (χ0n) is 14.1. The summed E-state index contributed by atoms with van der Waals surface area (Å²) in [6.45, 7) is 4.14. The van der Waals surface area contributed by atoms with Gasteiger partial charge in [0.15, 0.2) is 6.61 Å². The minimum atomic E-state index is -3.56. The number of hydrogen-bond acceptors (Lipinski definition) is 7. The van der Waals surface area contributed by atoms with Gasteiger partial charge in [-0.25, -0.2) is 13.4 Å². The Labute approximate surface area is 150 Å². The van der Waals surface area contributed by atoms with Gasteiger partial charge in [0.25, 0.3) is 10.0 Å². The fourth-order valence-electron chi connectivity index (χ4n) is 2.75. The monoisotopic (exact) mass is 384 g/mol. The molecule has 2 aromatic heterocycles. The van der Waals surface area contributed by atoms with Crippen LogP contribution in [0.3, 0.4) is 0 Å². The van der Waals surface area contributed by atoms with Crippen molar-refractivity contribution in [3.05, 3.63) is 34.9 Å². The van der Waals surface area contributed by atoms with Gasteiger partial charge in [0.05, 0.1) is 12.1 Å². The third kappa shape index (κ3) is 4.10. The van der Waals surface area contributed by atoms with Crippen molar-refractivity contribution in [2.45, 2.75) is 37.5 Å². The first-order valence-corrected chi connectivity index (χ1v) is 10.3. The average Bonchev–Trinajstić information content (AvgIpc) is 3.21. The Morgan fingerprint density at radius 1 is 1.44 bits per heavy atom. The Hall–Kier alpha value is -1.71. The van der Waals surface area contributed by atoms with Crippen LogP contribution in [0.1, 0.15) is 29.4 Å². The molecule has 1 saturated heterocycles. The smallest absolute Gasteiger partial charge is 0.310 e. The number of nitrogens with zero attached hydrogens (tertiary/aromatic N) is 2. The van der Waals surface area contributed by atoms with E-state index in [1.165, 1.54) is 15.6 Å². The third-order valence-corrected chi connectivity index (χ3v) is 7.37. The van der Waals surface area contributed by atoms with Crippen LogP contribution >= 0.6 is 11.3 Å². The first-order chi connectivity index (χ1) is 11.9. The van der Waals surface area contributed by atoms with E-state index < -0.39 is 21.9 Å². The number of ether oxygens (including phenoxy) is 1. The number of hydrogen-bond donors (Lipinski definition) is 0. The SMILES string of the molecule is Cc1cnc(COC(=O)C2CCCN(S(=O)(=O)c3ccc(C)s3)C2)o1. The fraction of sp³-hybridized carbons (Fsp3) is 0.500. The maximum atomic E-state index is 12.7. The summed E-state index contributed by atoms with van der Waals surface area (Å²) in [7, 11) is -3.56. The number of carbonyl (C=O) groups excluding carboxylic acids is 1. The van der Waals surface area contributed by atoms with Gasteiger partial charge in [0, 0.05) is 18.0 Å². The molecule has 3 heterocycles. The van der Waals surface area contributed by atoms with Gasteiger partial charge in [-0.05, 0) is 38.8 Å². The molecule has 0 aliphatic carbocycles. The summed E-state index contributed by atoms with van der Waals surface area (Å²) >= 11 is 1.24. The van der Waals surface area contributed by atoms with Crippen LogP contribution < -0.4 is 0 Å². The molecular weight excluding hydrogens is 364 g/mol. The number of thiophene rings is 1. The molecule has 0 bridgehead atoms. The molecule has 0 saturated carbocycles. The van der Waals surface area contributed by atoms with Crippen LogP contribution in [0.15, 0.2) is 27.0 Å². The molecule has 1 unspecified atom stereocenters. The lowest BCUT2D eigenvalue weighted by molar-refractivity contribution is -0.151. The first kappa shape index (κ1) is 18.1. The topological polar surface area (TPSA) is 89.7 Å². The van der Waals surface area contributed by atoms with E-state index in [4.69, 9.17) is 9.15 Å². The highest BCUT2D eigenvalue weighted by Gasteiger charge is 2.34. The molecule has 25 heavy (non-hydrogen) atoms. The molecule has 1 aliphatic rings. The van der Waals surface area contributed by atoms with Crippen molar-refractivity contribution in [1.82, 2.24) is 9.29 Å². The van der Waals surface area contributed by atoms with Gasteiger partial charge in [-0.2, -0.15) is 4.31 Å². The molecule has 7 nitrogen and oxygen atoms in total. The minimum Gasteiger partial charge on any atom is -0.455 e. The summed E-state index contributed by atoms with van der Waals surface area (Å²) in [4.78, 5) is 17.2. The predicted octanol–water partition coefficient (Wildman–Crippen LogP) is 2.50. The molecule has 0 aromatic carbocycles. The number of oxazole rings is 1. The standard InChI is InChI=1S/C16H20N2O5S2/c1-11-8-17-14(23-11)10-22-16(19)13-4-3-7-18(9-13)25(20,21)15-6-5-12(2)24-15/h5-6,8,13H,3-4,7,9-10H2,1-2H3. The second kappa shape index (κ2) is 7.27. The number of carbonyl (C=O) groups is 1. The van der Waals surface area contributed by atoms with E-state index >= 15 is 0 Å². The Kier molecular flexibility index (Phi) is 5.26. The second-order valence-electron chi connectivity index (χ2n) is 6.04. The van der Waals surface area contributed by atoms with Gasteiger partial charge >= 0.3 is 5.97 Å². The van der Waals surface area contributed by atoms with E-state index in [1.807, 2.05) is 6.92 Å². The number of piperidine rings is 1. The van der Waals surface area contributed by atoms with Crippen molar-refractivity contribution in [2.75, 3.05) is 13.1 Å². The van der Waals surface area contributed by atoms with Crippen LogP contribution in [0.25, 0.3) is 0 Å². The van der Waals surface area contributed by atoms with Gasteiger partial charge in [-0.1, -0.05) is 0 Å². The zero-order chi connectivity index (χ0) is 18.0.